The Morgan fingerprint density at radius 2 is 1.96 bits per heavy atom. The zero-order valence-electron chi connectivity index (χ0n) is 12.6. The fourth-order valence-electron chi connectivity index (χ4n) is 2.61. The van der Waals surface area contributed by atoms with Crippen LogP contribution < -0.4 is 0 Å². The zero-order valence-corrected chi connectivity index (χ0v) is 13.4. The smallest absolute Gasteiger partial charge is 0.335 e. The number of aliphatic hydroxyl groups is 1. The number of amides is 1. The van der Waals surface area contributed by atoms with Gasteiger partial charge >= 0.3 is 5.97 Å². The minimum atomic E-state index is -1.77. The molecule has 2 heterocycles. The lowest BCUT2D eigenvalue weighted by atomic mass is 9.91. The largest absolute Gasteiger partial charge is 0.479 e. The number of nitrogens with zero attached hydrogens (tertiary/aromatic N) is 2. The molecule has 1 aliphatic heterocycles. The molecule has 1 aromatic heterocycles. The van der Waals surface area contributed by atoms with Gasteiger partial charge in [-0.3, -0.25) is 4.79 Å². The van der Waals surface area contributed by atoms with Crippen molar-refractivity contribution in [1.82, 2.24) is 10.1 Å². The highest BCUT2D eigenvalue weighted by Crippen LogP contribution is 2.26. The van der Waals surface area contributed by atoms with E-state index in [1.54, 1.807) is 24.3 Å². The molecule has 1 aromatic carbocycles. The number of hydrogen-bond acceptors (Lipinski definition) is 5. The Bertz CT molecular complexity index is 780. The molecular weight excluding hydrogens is 336 g/mol. The summed E-state index contributed by atoms with van der Waals surface area (Å²) in [6.07, 6.45) is -0.0415. The van der Waals surface area contributed by atoms with E-state index >= 15 is 0 Å². The predicted molar refractivity (Wildman–Crippen MR) is 84.7 cm³/mol. The average molecular weight is 351 g/mol. The summed E-state index contributed by atoms with van der Waals surface area (Å²) in [5.41, 5.74) is -0.939. The van der Waals surface area contributed by atoms with Crippen LogP contribution in [-0.4, -0.2) is 50.8 Å². The second-order valence-electron chi connectivity index (χ2n) is 5.72. The summed E-state index contributed by atoms with van der Waals surface area (Å²) in [5.74, 6) is -1.21. The molecule has 7 nitrogen and oxygen atoms in total. The molecule has 1 saturated heterocycles. The van der Waals surface area contributed by atoms with Crippen molar-refractivity contribution in [3.05, 3.63) is 41.0 Å². The van der Waals surface area contributed by atoms with Crippen LogP contribution in [0.25, 0.3) is 11.3 Å². The highest BCUT2D eigenvalue weighted by molar-refractivity contribution is 6.30. The van der Waals surface area contributed by atoms with Gasteiger partial charge in [-0.2, -0.15) is 0 Å². The van der Waals surface area contributed by atoms with Gasteiger partial charge < -0.3 is 19.6 Å². The third-order valence-corrected chi connectivity index (χ3v) is 4.35. The third-order valence-electron chi connectivity index (χ3n) is 4.11. The van der Waals surface area contributed by atoms with E-state index in [0.717, 1.165) is 0 Å². The molecule has 8 heteroatoms. The first-order valence-corrected chi connectivity index (χ1v) is 7.74. The molecule has 0 unspecified atom stereocenters. The van der Waals surface area contributed by atoms with Crippen LogP contribution >= 0.6 is 11.6 Å². The van der Waals surface area contributed by atoms with E-state index in [4.69, 9.17) is 21.2 Å². The summed E-state index contributed by atoms with van der Waals surface area (Å²) in [4.78, 5) is 24.9. The van der Waals surface area contributed by atoms with Crippen molar-refractivity contribution in [2.75, 3.05) is 13.1 Å². The number of piperidine rings is 1. The summed E-state index contributed by atoms with van der Waals surface area (Å²) in [6.45, 7) is 0.280. The van der Waals surface area contributed by atoms with Crippen molar-refractivity contribution in [2.24, 2.45) is 0 Å². The number of hydrogen-bond donors (Lipinski definition) is 2. The number of aromatic nitrogens is 1. The zero-order chi connectivity index (χ0) is 17.3. The number of likely N-dealkylation sites (tertiary alicyclic amines) is 1. The van der Waals surface area contributed by atoms with Crippen molar-refractivity contribution in [3.63, 3.8) is 0 Å². The predicted octanol–water partition coefficient (Wildman–Crippen LogP) is 2.05. The first kappa shape index (κ1) is 16.5. The molecule has 1 fully saturated rings. The maximum Gasteiger partial charge on any atom is 0.335 e. The van der Waals surface area contributed by atoms with Crippen LogP contribution in [0.4, 0.5) is 0 Å². The summed E-state index contributed by atoms with van der Waals surface area (Å²) < 4.78 is 5.20. The molecule has 0 radical (unpaired) electrons. The molecule has 0 bridgehead atoms. The van der Waals surface area contributed by atoms with Gasteiger partial charge in [0.05, 0.1) is 0 Å². The SMILES string of the molecule is O=C(c1cc(-c2cccc(Cl)c2)on1)N1CCC(O)(C(=O)O)CC1. The van der Waals surface area contributed by atoms with Gasteiger partial charge in [-0.05, 0) is 12.1 Å². The number of carboxylic acids is 1. The molecule has 1 amide bonds. The molecule has 3 rings (SSSR count). The Balaban J connectivity index is 1.72. The number of benzene rings is 1. The second kappa shape index (κ2) is 6.26. The topological polar surface area (TPSA) is 104 Å². The standard InChI is InChI=1S/C16H15ClN2O5/c17-11-3-1-2-10(8-11)13-9-12(18-24-13)14(20)19-6-4-16(23,5-7-19)15(21)22/h1-3,8-9,23H,4-7H2,(H,21,22). The molecular formula is C16H15ClN2O5. The highest BCUT2D eigenvalue weighted by atomic mass is 35.5. The monoisotopic (exact) mass is 350 g/mol. The van der Waals surface area contributed by atoms with Crippen molar-refractivity contribution in [3.8, 4) is 11.3 Å². The highest BCUT2D eigenvalue weighted by Gasteiger charge is 2.40. The van der Waals surface area contributed by atoms with Gasteiger partial charge in [-0.1, -0.05) is 28.9 Å². The quantitative estimate of drug-likeness (QED) is 0.878. The fraction of sp³-hybridized carbons (Fsp3) is 0.312. The Morgan fingerprint density at radius 1 is 1.25 bits per heavy atom. The second-order valence-corrected chi connectivity index (χ2v) is 6.15. The molecule has 0 aliphatic carbocycles. The van der Waals surface area contributed by atoms with Crippen molar-refractivity contribution in [2.45, 2.75) is 18.4 Å². The summed E-state index contributed by atoms with van der Waals surface area (Å²) in [5, 5.41) is 23.2. The number of aliphatic carboxylic acids is 1. The maximum absolute atomic E-state index is 12.4. The molecule has 1 aliphatic rings. The Labute approximate surface area is 142 Å². The van der Waals surface area contributed by atoms with Crippen molar-refractivity contribution in [1.29, 1.82) is 0 Å². The number of halogens is 1. The van der Waals surface area contributed by atoms with Crippen LogP contribution in [0, 0.1) is 0 Å². The van der Waals surface area contributed by atoms with Crippen LogP contribution in [0.3, 0.4) is 0 Å². The van der Waals surface area contributed by atoms with E-state index in [0.29, 0.717) is 16.3 Å². The number of carbonyl (C=O) groups excluding carboxylic acids is 1. The van der Waals surface area contributed by atoms with E-state index in [-0.39, 0.29) is 37.5 Å². The fourth-order valence-corrected chi connectivity index (χ4v) is 2.80. The Kier molecular flexibility index (Phi) is 4.29. The van der Waals surface area contributed by atoms with Crippen molar-refractivity contribution >= 4 is 23.5 Å². The van der Waals surface area contributed by atoms with E-state index in [9.17, 15) is 14.7 Å². The van der Waals surface area contributed by atoms with Crippen LogP contribution in [0.2, 0.25) is 5.02 Å². The lowest BCUT2D eigenvalue weighted by molar-refractivity contribution is -0.162. The van der Waals surface area contributed by atoms with Gasteiger partial charge in [0, 0.05) is 42.6 Å². The first-order chi connectivity index (χ1) is 11.4. The average Bonchev–Trinajstić information content (AvgIpc) is 3.05. The number of carboxylic acid groups (broad SMARTS) is 1. The van der Waals surface area contributed by atoms with Crippen LogP contribution in [-0.2, 0) is 4.79 Å². The summed E-state index contributed by atoms with van der Waals surface area (Å²) in [6, 6.07) is 8.49. The normalized spacial score (nSPS) is 16.8. The van der Waals surface area contributed by atoms with Crippen LogP contribution in [0.5, 0.6) is 0 Å². The molecule has 0 spiro atoms. The van der Waals surface area contributed by atoms with E-state index in [2.05, 4.69) is 5.16 Å². The van der Waals surface area contributed by atoms with E-state index in [1.165, 1.54) is 11.0 Å². The Hall–Kier alpha value is -2.38. The lowest BCUT2D eigenvalue weighted by Gasteiger charge is -2.34. The van der Waals surface area contributed by atoms with Crippen molar-refractivity contribution < 1.29 is 24.3 Å². The van der Waals surface area contributed by atoms with Gasteiger partial charge in [0.2, 0.25) is 0 Å². The van der Waals surface area contributed by atoms with Gasteiger partial charge in [-0.25, -0.2) is 4.79 Å². The Morgan fingerprint density at radius 3 is 2.58 bits per heavy atom. The maximum atomic E-state index is 12.4. The van der Waals surface area contributed by atoms with Gasteiger partial charge in [0.25, 0.3) is 5.91 Å². The van der Waals surface area contributed by atoms with Crippen LogP contribution in [0.15, 0.2) is 34.9 Å². The summed E-state index contributed by atoms with van der Waals surface area (Å²) in [7, 11) is 0. The number of carbonyl (C=O) groups is 2. The summed E-state index contributed by atoms with van der Waals surface area (Å²) >= 11 is 5.93. The molecule has 24 heavy (non-hydrogen) atoms. The molecule has 0 atom stereocenters. The van der Waals surface area contributed by atoms with Crippen LogP contribution in [0.1, 0.15) is 23.3 Å². The molecule has 0 saturated carbocycles. The minimum Gasteiger partial charge on any atom is -0.479 e. The third kappa shape index (κ3) is 3.13. The first-order valence-electron chi connectivity index (χ1n) is 7.37. The molecule has 2 N–H and O–H groups in total. The van der Waals surface area contributed by atoms with E-state index in [1.807, 2.05) is 0 Å². The molecule has 126 valence electrons. The number of rotatable bonds is 3. The minimum absolute atomic E-state index is 0.0208. The lowest BCUT2D eigenvalue weighted by Crippen LogP contribution is -2.50. The van der Waals surface area contributed by atoms with Gasteiger partial charge in [-0.15, -0.1) is 0 Å². The van der Waals surface area contributed by atoms with Gasteiger partial charge in [0.15, 0.2) is 17.1 Å². The van der Waals surface area contributed by atoms with Gasteiger partial charge in [0.1, 0.15) is 0 Å². The molecule has 2 aromatic rings. The van der Waals surface area contributed by atoms with E-state index < -0.39 is 11.6 Å².